The van der Waals surface area contributed by atoms with Crippen molar-refractivity contribution in [2.75, 3.05) is 4.72 Å². The normalized spacial score (nSPS) is 12.3. The number of anilines is 1. The SMILES string of the molecule is Cc1ccc(S(=O)(=O)Nc2cc(Cl)c(Sc3nc4cc(C(F)(F)F)ccc4s3)c(Cl)c2)c(Cl)c1. The third kappa shape index (κ3) is 5.42. The summed E-state index contributed by atoms with van der Waals surface area (Å²) in [5.74, 6) is 0. The number of sulfonamides is 1. The van der Waals surface area contributed by atoms with Gasteiger partial charge in [0, 0.05) is 0 Å². The molecule has 1 aromatic heterocycles. The number of fused-ring (bicyclic) bond motifs is 1. The number of aromatic nitrogens is 1. The summed E-state index contributed by atoms with van der Waals surface area (Å²) in [6.45, 7) is 1.78. The summed E-state index contributed by atoms with van der Waals surface area (Å²) in [5, 5.41) is 0.349. The highest BCUT2D eigenvalue weighted by molar-refractivity contribution is 8.01. The minimum Gasteiger partial charge on any atom is -0.279 e. The fraction of sp³-hybridized carbons (Fsp3) is 0.0952. The molecule has 0 saturated heterocycles. The maximum Gasteiger partial charge on any atom is 0.416 e. The predicted octanol–water partition coefficient (Wildman–Crippen LogP) is 8.54. The lowest BCUT2D eigenvalue weighted by Crippen LogP contribution is -2.13. The van der Waals surface area contributed by atoms with Gasteiger partial charge in [0.2, 0.25) is 0 Å². The fourth-order valence-electron chi connectivity index (χ4n) is 2.96. The lowest BCUT2D eigenvalue weighted by atomic mass is 10.2. The maximum atomic E-state index is 13.0. The van der Waals surface area contributed by atoms with Crippen LogP contribution in [0.3, 0.4) is 0 Å². The van der Waals surface area contributed by atoms with Crippen LogP contribution in [0.2, 0.25) is 15.1 Å². The Labute approximate surface area is 216 Å². The minimum atomic E-state index is -4.47. The topological polar surface area (TPSA) is 59.1 Å². The second kappa shape index (κ2) is 9.40. The van der Waals surface area contributed by atoms with E-state index < -0.39 is 21.8 Å². The number of alkyl halides is 3. The highest BCUT2D eigenvalue weighted by Crippen LogP contribution is 2.44. The van der Waals surface area contributed by atoms with Crippen LogP contribution in [-0.4, -0.2) is 13.4 Å². The van der Waals surface area contributed by atoms with Crippen molar-refractivity contribution in [1.82, 2.24) is 4.98 Å². The summed E-state index contributed by atoms with van der Waals surface area (Å²) in [5.41, 5.74) is 0.341. The Hall–Kier alpha value is -1.69. The average Bonchev–Trinajstić information content (AvgIpc) is 3.11. The van der Waals surface area contributed by atoms with E-state index in [1.165, 1.54) is 41.7 Å². The molecule has 0 aliphatic rings. The molecule has 3 aromatic carbocycles. The fourth-order valence-corrected chi connectivity index (χ4v) is 7.32. The highest BCUT2D eigenvalue weighted by atomic mass is 35.5. The van der Waals surface area contributed by atoms with Crippen LogP contribution in [0, 0.1) is 6.92 Å². The molecule has 1 heterocycles. The molecule has 4 rings (SSSR count). The Kier molecular flexibility index (Phi) is 7.03. The highest BCUT2D eigenvalue weighted by Gasteiger charge is 2.31. The first kappa shape index (κ1) is 25.4. The Morgan fingerprint density at radius 3 is 2.26 bits per heavy atom. The van der Waals surface area contributed by atoms with E-state index in [0.717, 1.165) is 29.5 Å². The van der Waals surface area contributed by atoms with Crippen LogP contribution < -0.4 is 4.72 Å². The summed E-state index contributed by atoms with van der Waals surface area (Å²) < 4.78 is 67.8. The van der Waals surface area contributed by atoms with E-state index in [1.807, 2.05) is 0 Å². The van der Waals surface area contributed by atoms with Crippen LogP contribution in [0.4, 0.5) is 18.9 Å². The van der Waals surface area contributed by atoms with Gasteiger partial charge in [0.05, 0.1) is 41.4 Å². The van der Waals surface area contributed by atoms with E-state index in [9.17, 15) is 21.6 Å². The molecule has 1 N–H and O–H groups in total. The van der Waals surface area contributed by atoms with Gasteiger partial charge in [0.1, 0.15) is 4.90 Å². The van der Waals surface area contributed by atoms with Gasteiger partial charge in [-0.15, -0.1) is 11.3 Å². The molecule has 178 valence electrons. The number of aryl methyl sites for hydroxylation is 1. The zero-order valence-electron chi connectivity index (χ0n) is 16.9. The Bertz CT molecular complexity index is 1500. The molecule has 13 heteroatoms. The number of thiazole rings is 1. The third-order valence-corrected chi connectivity index (χ3v) is 9.44. The van der Waals surface area contributed by atoms with E-state index in [-0.39, 0.29) is 31.2 Å². The van der Waals surface area contributed by atoms with Gasteiger partial charge in [-0.3, -0.25) is 4.72 Å². The van der Waals surface area contributed by atoms with Crippen molar-refractivity contribution >= 4 is 83.8 Å². The molecule has 0 aliphatic heterocycles. The molecule has 4 nitrogen and oxygen atoms in total. The molecular weight excluding hydrogens is 572 g/mol. The third-order valence-electron chi connectivity index (χ3n) is 4.51. The van der Waals surface area contributed by atoms with Gasteiger partial charge in [-0.05, 0) is 55.0 Å². The maximum absolute atomic E-state index is 13.0. The molecule has 0 bridgehead atoms. The summed E-state index contributed by atoms with van der Waals surface area (Å²) in [6.07, 6.45) is -4.47. The first-order chi connectivity index (χ1) is 15.8. The van der Waals surface area contributed by atoms with Crippen molar-refractivity contribution in [1.29, 1.82) is 0 Å². The number of benzene rings is 3. The first-order valence-corrected chi connectivity index (χ1v) is 13.5. The smallest absolute Gasteiger partial charge is 0.279 e. The van der Waals surface area contributed by atoms with Crippen LogP contribution >= 0.6 is 57.9 Å². The standard InChI is InChI=1S/C21H12Cl3F3N2O2S3/c1-10-2-5-18(13(22)6-10)34(30,31)29-12-8-14(23)19(15(24)9-12)33-20-28-16-7-11(21(25,26)27)3-4-17(16)32-20/h2-9,29H,1H3. The monoisotopic (exact) mass is 582 g/mol. The quantitative estimate of drug-likeness (QED) is 0.256. The Balaban J connectivity index is 1.61. The van der Waals surface area contributed by atoms with E-state index in [0.29, 0.717) is 13.9 Å². The molecule has 4 aromatic rings. The van der Waals surface area contributed by atoms with Crippen molar-refractivity contribution in [2.45, 2.75) is 27.2 Å². The van der Waals surface area contributed by atoms with Crippen molar-refractivity contribution in [3.05, 3.63) is 74.7 Å². The molecule has 0 aliphatic carbocycles. The van der Waals surface area contributed by atoms with Gasteiger partial charge in [-0.2, -0.15) is 13.2 Å². The minimum absolute atomic E-state index is 0.0707. The van der Waals surface area contributed by atoms with Crippen molar-refractivity contribution in [2.24, 2.45) is 0 Å². The summed E-state index contributed by atoms with van der Waals surface area (Å²) in [6, 6.07) is 10.6. The summed E-state index contributed by atoms with van der Waals surface area (Å²) in [7, 11) is -4.01. The van der Waals surface area contributed by atoms with E-state index in [1.54, 1.807) is 13.0 Å². The second-order valence-corrected chi connectivity index (χ2v) is 12.2. The number of nitrogens with one attached hydrogen (secondary N) is 1. The molecule has 0 unspecified atom stereocenters. The zero-order valence-corrected chi connectivity index (χ0v) is 21.6. The molecule has 0 amide bonds. The predicted molar refractivity (Wildman–Crippen MR) is 132 cm³/mol. The van der Waals surface area contributed by atoms with Crippen molar-refractivity contribution in [3.63, 3.8) is 0 Å². The van der Waals surface area contributed by atoms with Gasteiger partial charge in [0.15, 0.2) is 4.34 Å². The number of nitrogens with zero attached hydrogens (tertiary/aromatic N) is 1. The van der Waals surface area contributed by atoms with E-state index in [2.05, 4.69) is 9.71 Å². The molecule has 0 spiro atoms. The van der Waals surface area contributed by atoms with Crippen molar-refractivity contribution in [3.8, 4) is 0 Å². The van der Waals surface area contributed by atoms with Gasteiger partial charge in [-0.1, -0.05) is 52.6 Å². The molecular formula is C21H12Cl3F3N2O2S3. The molecule has 34 heavy (non-hydrogen) atoms. The van der Waals surface area contributed by atoms with Crippen LogP contribution in [0.15, 0.2) is 62.7 Å². The lowest BCUT2D eigenvalue weighted by Gasteiger charge is -2.12. The molecule has 0 radical (unpaired) electrons. The largest absolute Gasteiger partial charge is 0.416 e. The van der Waals surface area contributed by atoms with Crippen molar-refractivity contribution < 1.29 is 21.6 Å². The number of hydrogen-bond donors (Lipinski definition) is 1. The van der Waals surface area contributed by atoms with E-state index in [4.69, 9.17) is 34.8 Å². The first-order valence-electron chi connectivity index (χ1n) is 9.27. The second-order valence-electron chi connectivity index (χ2n) is 7.07. The number of hydrogen-bond acceptors (Lipinski definition) is 5. The van der Waals surface area contributed by atoms with Gasteiger partial charge in [0.25, 0.3) is 10.0 Å². The average molecular weight is 584 g/mol. The summed E-state index contributed by atoms with van der Waals surface area (Å²) in [4.78, 5) is 4.53. The Morgan fingerprint density at radius 2 is 1.65 bits per heavy atom. The summed E-state index contributed by atoms with van der Waals surface area (Å²) >= 11 is 21.1. The molecule has 0 atom stereocenters. The van der Waals surface area contributed by atoms with Crippen LogP contribution in [0.25, 0.3) is 10.2 Å². The van der Waals surface area contributed by atoms with Gasteiger partial charge >= 0.3 is 6.18 Å². The van der Waals surface area contributed by atoms with Gasteiger partial charge < -0.3 is 0 Å². The van der Waals surface area contributed by atoms with Gasteiger partial charge in [-0.25, -0.2) is 13.4 Å². The zero-order chi connectivity index (χ0) is 24.8. The molecule has 0 saturated carbocycles. The number of rotatable bonds is 5. The molecule has 0 fully saturated rings. The number of halogens is 6. The lowest BCUT2D eigenvalue weighted by molar-refractivity contribution is -0.137. The van der Waals surface area contributed by atoms with E-state index >= 15 is 0 Å². The van der Waals surface area contributed by atoms with Crippen LogP contribution in [0.1, 0.15) is 11.1 Å². The van der Waals surface area contributed by atoms with Crippen LogP contribution in [-0.2, 0) is 16.2 Å². The Morgan fingerprint density at radius 1 is 0.971 bits per heavy atom. The van der Waals surface area contributed by atoms with Crippen LogP contribution in [0.5, 0.6) is 0 Å².